The summed E-state index contributed by atoms with van der Waals surface area (Å²) in [6.07, 6.45) is 0. The van der Waals surface area contributed by atoms with Gasteiger partial charge in [0.1, 0.15) is 6.61 Å². The van der Waals surface area contributed by atoms with Crippen molar-refractivity contribution in [1.29, 1.82) is 0 Å². The molecule has 1 N–H and O–H groups in total. The predicted molar refractivity (Wildman–Crippen MR) is 53.7 cm³/mol. The van der Waals surface area contributed by atoms with Crippen molar-refractivity contribution in [3.63, 3.8) is 0 Å². The Balaban J connectivity index is 2.37. The lowest BCUT2D eigenvalue weighted by Gasteiger charge is -2.05. The Labute approximate surface area is 91.4 Å². The first-order valence-electron chi connectivity index (χ1n) is 4.70. The van der Waals surface area contributed by atoms with E-state index >= 15 is 0 Å². The van der Waals surface area contributed by atoms with E-state index in [2.05, 4.69) is 5.32 Å². The summed E-state index contributed by atoms with van der Waals surface area (Å²) in [6.45, 7) is 1.29. The van der Waals surface area contributed by atoms with Gasteiger partial charge in [-0.3, -0.25) is 19.7 Å². The SMILES string of the molecule is CC(=O)OCc1cccc2c1C(=O)NC2=O. The Hall–Kier alpha value is -2.17. The van der Waals surface area contributed by atoms with Crippen LogP contribution in [0.25, 0.3) is 0 Å². The molecular weight excluding hydrogens is 210 g/mol. The summed E-state index contributed by atoms with van der Waals surface area (Å²) in [5.41, 5.74) is 1.17. The van der Waals surface area contributed by atoms with Gasteiger partial charge in [-0.25, -0.2) is 0 Å². The highest BCUT2D eigenvalue weighted by Crippen LogP contribution is 2.20. The van der Waals surface area contributed by atoms with E-state index in [1.807, 2.05) is 0 Å². The normalized spacial score (nSPS) is 13.3. The van der Waals surface area contributed by atoms with Gasteiger partial charge < -0.3 is 4.74 Å². The average molecular weight is 219 g/mol. The summed E-state index contributed by atoms with van der Waals surface area (Å²) in [6, 6.07) is 4.86. The number of benzene rings is 1. The fourth-order valence-corrected chi connectivity index (χ4v) is 1.59. The number of nitrogens with one attached hydrogen (secondary N) is 1. The van der Waals surface area contributed by atoms with Crippen LogP contribution < -0.4 is 5.32 Å². The zero-order valence-corrected chi connectivity index (χ0v) is 8.57. The molecule has 0 radical (unpaired) electrons. The lowest BCUT2D eigenvalue weighted by molar-refractivity contribution is -0.142. The van der Waals surface area contributed by atoms with E-state index < -0.39 is 17.8 Å². The molecule has 1 aromatic carbocycles. The van der Waals surface area contributed by atoms with Gasteiger partial charge in [0.15, 0.2) is 0 Å². The van der Waals surface area contributed by atoms with E-state index in [1.165, 1.54) is 6.92 Å². The fourth-order valence-electron chi connectivity index (χ4n) is 1.59. The predicted octanol–water partition coefficient (Wildman–Crippen LogP) is 0.633. The Morgan fingerprint density at radius 2 is 2.06 bits per heavy atom. The number of carbonyl (C=O) groups is 3. The molecule has 1 heterocycles. The summed E-state index contributed by atoms with van der Waals surface area (Å²) in [5.74, 6) is -1.28. The quantitative estimate of drug-likeness (QED) is 0.585. The third kappa shape index (κ3) is 1.67. The van der Waals surface area contributed by atoms with Gasteiger partial charge in [0, 0.05) is 12.5 Å². The molecule has 0 saturated heterocycles. The van der Waals surface area contributed by atoms with Crippen molar-refractivity contribution >= 4 is 17.8 Å². The molecule has 0 aromatic heterocycles. The number of carbonyl (C=O) groups excluding carboxylic acids is 3. The number of rotatable bonds is 2. The van der Waals surface area contributed by atoms with E-state index in [1.54, 1.807) is 18.2 Å². The van der Waals surface area contributed by atoms with Gasteiger partial charge in [-0.15, -0.1) is 0 Å². The van der Waals surface area contributed by atoms with E-state index in [9.17, 15) is 14.4 Å². The molecule has 82 valence electrons. The summed E-state index contributed by atoms with van der Waals surface area (Å²) in [5, 5.41) is 2.19. The molecule has 5 nitrogen and oxygen atoms in total. The summed E-state index contributed by atoms with van der Waals surface area (Å²) in [7, 11) is 0. The van der Waals surface area contributed by atoms with Gasteiger partial charge in [0.25, 0.3) is 11.8 Å². The minimum atomic E-state index is -0.442. The Morgan fingerprint density at radius 1 is 1.31 bits per heavy atom. The van der Waals surface area contributed by atoms with Gasteiger partial charge in [-0.2, -0.15) is 0 Å². The van der Waals surface area contributed by atoms with E-state index in [-0.39, 0.29) is 6.61 Å². The van der Waals surface area contributed by atoms with Gasteiger partial charge in [-0.1, -0.05) is 12.1 Å². The maximum Gasteiger partial charge on any atom is 0.302 e. The Morgan fingerprint density at radius 3 is 2.75 bits per heavy atom. The molecule has 1 aliphatic heterocycles. The van der Waals surface area contributed by atoms with Crippen molar-refractivity contribution in [2.24, 2.45) is 0 Å². The second-order valence-corrected chi connectivity index (χ2v) is 3.40. The van der Waals surface area contributed by atoms with E-state index in [0.717, 1.165) is 0 Å². The maximum atomic E-state index is 11.5. The first-order valence-corrected chi connectivity index (χ1v) is 4.70. The van der Waals surface area contributed by atoms with Crippen LogP contribution >= 0.6 is 0 Å². The first-order chi connectivity index (χ1) is 7.59. The number of amides is 2. The number of imide groups is 1. The van der Waals surface area contributed by atoms with Crippen molar-refractivity contribution in [2.75, 3.05) is 0 Å². The third-order valence-corrected chi connectivity index (χ3v) is 2.28. The molecule has 0 aliphatic carbocycles. The molecule has 5 heteroatoms. The highest BCUT2D eigenvalue weighted by Gasteiger charge is 2.29. The summed E-state index contributed by atoms with van der Waals surface area (Å²) < 4.78 is 4.81. The van der Waals surface area contributed by atoms with Crippen molar-refractivity contribution < 1.29 is 19.1 Å². The molecule has 0 bridgehead atoms. The molecule has 0 unspecified atom stereocenters. The van der Waals surface area contributed by atoms with Crippen LogP contribution in [0.5, 0.6) is 0 Å². The molecule has 0 spiro atoms. The minimum absolute atomic E-state index is 0.000787. The second kappa shape index (κ2) is 3.77. The third-order valence-electron chi connectivity index (χ3n) is 2.28. The molecular formula is C11H9NO4. The van der Waals surface area contributed by atoms with Crippen molar-refractivity contribution in [1.82, 2.24) is 5.32 Å². The van der Waals surface area contributed by atoms with Crippen LogP contribution in [0.1, 0.15) is 33.2 Å². The van der Waals surface area contributed by atoms with Crippen LogP contribution in [0.15, 0.2) is 18.2 Å². The number of hydrogen-bond acceptors (Lipinski definition) is 4. The Kier molecular flexibility index (Phi) is 2.44. The van der Waals surface area contributed by atoms with Crippen molar-refractivity contribution in [3.05, 3.63) is 34.9 Å². The fraction of sp³-hybridized carbons (Fsp3) is 0.182. The second-order valence-electron chi connectivity index (χ2n) is 3.40. The summed E-state index contributed by atoms with van der Waals surface area (Å²) >= 11 is 0. The summed E-state index contributed by atoms with van der Waals surface area (Å²) in [4.78, 5) is 33.5. The lowest BCUT2D eigenvalue weighted by atomic mass is 10.0. The maximum absolute atomic E-state index is 11.5. The molecule has 16 heavy (non-hydrogen) atoms. The number of fused-ring (bicyclic) bond motifs is 1. The van der Waals surface area contributed by atoms with E-state index in [0.29, 0.717) is 16.7 Å². The highest BCUT2D eigenvalue weighted by molar-refractivity contribution is 6.22. The van der Waals surface area contributed by atoms with Gasteiger partial charge in [0.2, 0.25) is 0 Å². The van der Waals surface area contributed by atoms with Crippen LogP contribution in [0.3, 0.4) is 0 Å². The first kappa shape index (κ1) is 10.4. The van der Waals surface area contributed by atoms with Gasteiger partial charge in [0.05, 0.1) is 11.1 Å². The number of ether oxygens (including phenoxy) is 1. The molecule has 2 amide bonds. The monoisotopic (exact) mass is 219 g/mol. The van der Waals surface area contributed by atoms with Crippen LogP contribution in [0.4, 0.5) is 0 Å². The molecule has 1 aliphatic rings. The highest BCUT2D eigenvalue weighted by atomic mass is 16.5. The van der Waals surface area contributed by atoms with Crippen molar-refractivity contribution in [3.8, 4) is 0 Å². The average Bonchev–Trinajstić information content (AvgIpc) is 2.52. The zero-order valence-electron chi connectivity index (χ0n) is 8.57. The molecule has 0 fully saturated rings. The Bertz CT molecular complexity index is 493. The van der Waals surface area contributed by atoms with Crippen molar-refractivity contribution in [2.45, 2.75) is 13.5 Å². The zero-order chi connectivity index (χ0) is 11.7. The van der Waals surface area contributed by atoms with Crippen LogP contribution in [-0.4, -0.2) is 17.8 Å². The standard InChI is InChI=1S/C11H9NO4/c1-6(13)16-5-7-3-2-4-8-9(7)11(15)12-10(8)14/h2-4H,5H2,1H3,(H,12,14,15). The van der Waals surface area contributed by atoms with Crippen LogP contribution in [0.2, 0.25) is 0 Å². The van der Waals surface area contributed by atoms with Gasteiger partial charge in [-0.05, 0) is 6.07 Å². The van der Waals surface area contributed by atoms with Gasteiger partial charge >= 0.3 is 5.97 Å². The minimum Gasteiger partial charge on any atom is -0.461 e. The molecule has 2 rings (SSSR count). The van der Waals surface area contributed by atoms with E-state index in [4.69, 9.17) is 4.74 Å². The largest absolute Gasteiger partial charge is 0.461 e. The lowest BCUT2D eigenvalue weighted by Crippen LogP contribution is -2.20. The molecule has 0 atom stereocenters. The van der Waals surface area contributed by atoms with Crippen LogP contribution in [0, 0.1) is 0 Å². The molecule has 1 aromatic rings. The molecule has 0 saturated carbocycles. The smallest absolute Gasteiger partial charge is 0.302 e. The number of hydrogen-bond donors (Lipinski definition) is 1. The number of esters is 1. The van der Waals surface area contributed by atoms with Crippen LogP contribution in [-0.2, 0) is 16.1 Å². The topological polar surface area (TPSA) is 72.5 Å².